The monoisotopic (exact) mass is 302 g/mol. The molecular weight excluding hydrogens is 288 g/mol. The average Bonchev–Trinajstić information content (AvgIpc) is 2.93. The fraction of sp³-hybridized carbons (Fsp3) is 0.214. The third-order valence-electron chi connectivity index (χ3n) is 3.25. The van der Waals surface area contributed by atoms with E-state index in [0.717, 1.165) is 23.2 Å². The summed E-state index contributed by atoms with van der Waals surface area (Å²) in [5.41, 5.74) is 3.11. The normalized spacial score (nSPS) is 11.9. The summed E-state index contributed by atoms with van der Waals surface area (Å²) in [5, 5.41) is 12.3. The van der Waals surface area contributed by atoms with Crippen LogP contribution >= 0.6 is 0 Å². The third-order valence-corrected chi connectivity index (χ3v) is 4.36. The summed E-state index contributed by atoms with van der Waals surface area (Å²) >= 11 is 0. The fourth-order valence-electron chi connectivity index (χ4n) is 2.16. The molecule has 0 N–H and O–H groups in total. The van der Waals surface area contributed by atoms with Crippen molar-refractivity contribution < 1.29 is 8.42 Å². The minimum Gasteiger partial charge on any atom is -0.224 e. The Morgan fingerprint density at radius 3 is 2.76 bits per heavy atom. The molecule has 0 unspecified atom stereocenters. The van der Waals surface area contributed by atoms with E-state index in [-0.39, 0.29) is 4.90 Å². The highest BCUT2D eigenvalue weighted by Gasteiger charge is 2.13. The number of hydrogen-bond acceptors (Lipinski definition) is 5. The van der Waals surface area contributed by atoms with Crippen LogP contribution in [0.4, 0.5) is 0 Å². The molecule has 0 aliphatic rings. The van der Waals surface area contributed by atoms with E-state index < -0.39 is 9.84 Å². The number of fused-ring (bicyclic) bond motifs is 1. The Bertz CT molecular complexity index is 916. The smallest absolute Gasteiger partial charge is 0.185 e. The van der Waals surface area contributed by atoms with Crippen molar-refractivity contribution in [3.8, 4) is 11.1 Å². The quantitative estimate of drug-likeness (QED) is 0.736. The second kappa shape index (κ2) is 4.92. The number of benzene rings is 1. The Hall–Kier alpha value is -2.28. The van der Waals surface area contributed by atoms with Crippen molar-refractivity contribution in [3.05, 3.63) is 42.4 Å². The standard InChI is InChI=1S/C14H14N4O2S/c1-3-11-8-13(14-16-15-9-18(14)17-11)10-5-4-6-12(7-10)21(2,19)20/h4-9H,3H2,1-2H3. The molecule has 0 saturated heterocycles. The molecular formula is C14H14N4O2S. The van der Waals surface area contributed by atoms with E-state index >= 15 is 0 Å². The molecule has 2 aromatic heterocycles. The van der Waals surface area contributed by atoms with Crippen molar-refractivity contribution in [1.82, 2.24) is 19.8 Å². The zero-order chi connectivity index (χ0) is 15.0. The van der Waals surface area contributed by atoms with Gasteiger partial charge >= 0.3 is 0 Å². The van der Waals surface area contributed by atoms with Crippen molar-refractivity contribution in [2.45, 2.75) is 18.2 Å². The van der Waals surface area contributed by atoms with Crippen LogP contribution in [0.5, 0.6) is 0 Å². The fourth-order valence-corrected chi connectivity index (χ4v) is 2.83. The molecule has 108 valence electrons. The molecule has 0 aliphatic carbocycles. The van der Waals surface area contributed by atoms with Crippen LogP contribution in [-0.2, 0) is 16.3 Å². The highest BCUT2D eigenvalue weighted by molar-refractivity contribution is 7.90. The predicted molar refractivity (Wildman–Crippen MR) is 78.7 cm³/mol. The molecule has 0 radical (unpaired) electrons. The van der Waals surface area contributed by atoms with E-state index in [2.05, 4.69) is 15.3 Å². The van der Waals surface area contributed by atoms with Crippen LogP contribution in [0.15, 0.2) is 41.6 Å². The Morgan fingerprint density at radius 1 is 1.24 bits per heavy atom. The molecule has 3 aromatic rings. The minimum atomic E-state index is -3.25. The summed E-state index contributed by atoms with van der Waals surface area (Å²) in [7, 11) is -3.25. The first-order valence-corrected chi connectivity index (χ1v) is 8.38. The first-order valence-electron chi connectivity index (χ1n) is 6.49. The highest BCUT2D eigenvalue weighted by atomic mass is 32.2. The summed E-state index contributed by atoms with van der Waals surface area (Å²) < 4.78 is 25.0. The van der Waals surface area contributed by atoms with Gasteiger partial charge < -0.3 is 0 Å². The van der Waals surface area contributed by atoms with Gasteiger partial charge in [-0.25, -0.2) is 8.42 Å². The summed E-state index contributed by atoms with van der Waals surface area (Å²) in [6.07, 6.45) is 3.51. The van der Waals surface area contributed by atoms with Crippen molar-refractivity contribution in [2.75, 3.05) is 6.26 Å². The van der Waals surface area contributed by atoms with Crippen molar-refractivity contribution >= 4 is 15.5 Å². The van der Waals surface area contributed by atoms with Gasteiger partial charge in [0.15, 0.2) is 15.5 Å². The van der Waals surface area contributed by atoms with Crippen LogP contribution in [0.2, 0.25) is 0 Å². The van der Waals surface area contributed by atoms with Gasteiger partial charge in [0.2, 0.25) is 0 Å². The van der Waals surface area contributed by atoms with Gasteiger partial charge in [-0.3, -0.25) is 0 Å². The number of rotatable bonds is 3. The number of sulfone groups is 1. The SMILES string of the molecule is CCc1cc(-c2cccc(S(C)(=O)=O)c2)c2nncn2n1. The molecule has 0 amide bonds. The lowest BCUT2D eigenvalue weighted by molar-refractivity contribution is 0.602. The van der Waals surface area contributed by atoms with Gasteiger partial charge in [-0.2, -0.15) is 9.61 Å². The van der Waals surface area contributed by atoms with Crippen LogP contribution in [0.3, 0.4) is 0 Å². The van der Waals surface area contributed by atoms with E-state index in [1.807, 2.05) is 19.1 Å². The van der Waals surface area contributed by atoms with Crippen molar-refractivity contribution in [3.63, 3.8) is 0 Å². The maximum atomic E-state index is 11.7. The van der Waals surface area contributed by atoms with Gasteiger partial charge in [-0.05, 0) is 30.2 Å². The Balaban J connectivity index is 2.27. The maximum Gasteiger partial charge on any atom is 0.185 e. The van der Waals surface area contributed by atoms with E-state index in [9.17, 15) is 8.42 Å². The summed E-state index contributed by atoms with van der Waals surface area (Å²) in [6.45, 7) is 2.01. The van der Waals surface area contributed by atoms with Gasteiger partial charge in [0, 0.05) is 11.8 Å². The van der Waals surface area contributed by atoms with E-state index in [4.69, 9.17) is 0 Å². The number of aryl methyl sites for hydroxylation is 1. The third kappa shape index (κ3) is 2.52. The lowest BCUT2D eigenvalue weighted by Gasteiger charge is -2.07. The Labute approximate surface area is 122 Å². The van der Waals surface area contributed by atoms with Gasteiger partial charge in [-0.1, -0.05) is 19.1 Å². The lowest BCUT2D eigenvalue weighted by atomic mass is 10.1. The second-order valence-electron chi connectivity index (χ2n) is 4.80. The number of aromatic nitrogens is 4. The van der Waals surface area contributed by atoms with Crippen molar-refractivity contribution in [2.24, 2.45) is 0 Å². The minimum absolute atomic E-state index is 0.285. The molecule has 0 spiro atoms. The van der Waals surface area contributed by atoms with Crippen molar-refractivity contribution in [1.29, 1.82) is 0 Å². The maximum absolute atomic E-state index is 11.7. The van der Waals surface area contributed by atoms with Crippen LogP contribution in [0, 0.1) is 0 Å². The van der Waals surface area contributed by atoms with Gasteiger partial charge in [0.25, 0.3) is 0 Å². The van der Waals surface area contributed by atoms with Gasteiger partial charge in [0.1, 0.15) is 6.33 Å². The highest BCUT2D eigenvalue weighted by Crippen LogP contribution is 2.26. The molecule has 1 aromatic carbocycles. The van der Waals surface area contributed by atoms with E-state index in [0.29, 0.717) is 5.65 Å². The molecule has 0 fully saturated rings. The lowest BCUT2D eigenvalue weighted by Crippen LogP contribution is -2.00. The predicted octanol–water partition coefficient (Wildman–Crippen LogP) is 1.76. The van der Waals surface area contributed by atoms with Gasteiger partial charge in [-0.15, -0.1) is 10.2 Å². The first-order chi connectivity index (χ1) is 9.99. The molecule has 0 aliphatic heterocycles. The molecule has 21 heavy (non-hydrogen) atoms. The van der Waals surface area contributed by atoms with E-state index in [1.54, 1.807) is 29.0 Å². The van der Waals surface area contributed by atoms with Gasteiger partial charge in [0.05, 0.1) is 10.6 Å². The number of hydrogen-bond donors (Lipinski definition) is 0. The molecule has 6 nitrogen and oxygen atoms in total. The summed E-state index contributed by atoms with van der Waals surface area (Å²) in [6, 6.07) is 8.74. The largest absolute Gasteiger partial charge is 0.224 e. The summed E-state index contributed by atoms with van der Waals surface area (Å²) in [5.74, 6) is 0. The zero-order valence-electron chi connectivity index (χ0n) is 11.7. The molecule has 7 heteroatoms. The molecule has 0 bridgehead atoms. The van der Waals surface area contributed by atoms with Crippen LogP contribution < -0.4 is 0 Å². The second-order valence-corrected chi connectivity index (χ2v) is 6.82. The number of nitrogens with zero attached hydrogens (tertiary/aromatic N) is 4. The molecule has 2 heterocycles. The first kappa shape index (κ1) is 13.7. The molecule has 3 rings (SSSR count). The summed E-state index contributed by atoms with van der Waals surface area (Å²) in [4.78, 5) is 0.285. The van der Waals surface area contributed by atoms with Crippen LogP contribution in [-0.4, -0.2) is 34.5 Å². The van der Waals surface area contributed by atoms with E-state index in [1.165, 1.54) is 6.26 Å². The topological polar surface area (TPSA) is 77.2 Å². The Kier molecular flexibility index (Phi) is 3.21. The molecule has 0 saturated carbocycles. The van der Waals surface area contributed by atoms with Crippen LogP contribution in [0.1, 0.15) is 12.6 Å². The average molecular weight is 302 g/mol. The molecule has 0 atom stereocenters. The Morgan fingerprint density at radius 2 is 2.05 bits per heavy atom. The van der Waals surface area contributed by atoms with Crippen LogP contribution in [0.25, 0.3) is 16.8 Å². The zero-order valence-corrected chi connectivity index (χ0v) is 12.5.